The summed E-state index contributed by atoms with van der Waals surface area (Å²) in [6.45, 7) is 1.75. The molecule has 2 N–H and O–H groups in total. The third kappa shape index (κ3) is 4.94. The molecule has 0 rings (SSSR count). The molecule has 0 aromatic carbocycles. The molecule has 0 bridgehead atoms. The molecule has 0 aromatic heterocycles. The van der Waals surface area contributed by atoms with E-state index in [0.29, 0.717) is 5.33 Å². The number of alkyl halides is 1. The molecule has 0 heterocycles. The fourth-order valence-corrected chi connectivity index (χ4v) is 0.922. The van der Waals surface area contributed by atoms with Gasteiger partial charge in [-0.15, -0.1) is 0 Å². The summed E-state index contributed by atoms with van der Waals surface area (Å²) in [5.74, 6) is 0. The highest BCUT2D eigenvalue weighted by molar-refractivity contribution is 9.09. The van der Waals surface area contributed by atoms with E-state index in [1.807, 2.05) is 0 Å². The van der Waals surface area contributed by atoms with Gasteiger partial charge in [-0.3, -0.25) is 0 Å². The number of hydrogen-bond donors (Lipinski definition) is 2. The molecular formula is C3H8BrO3P. The molecule has 50 valence electrons. The van der Waals surface area contributed by atoms with E-state index in [2.05, 4.69) is 20.5 Å². The summed E-state index contributed by atoms with van der Waals surface area (Å²) in [5, 5.41) is 0.618. The number of hydrogen-bond acceptors (Lipinski definition) is 3. The first-order chi connectivity index (χ1) is 3.66. The van der Waals surface area contributed by atoms with Gasteiger partial charge in [-0.1, -0.05) is 15.9 Å². The molecule has 0 aromatic rings. The largest absolute Gasteiger partial charge is 0.328 e. The van der Waals surface area contributed by atoms with Crippen LogP contribution in [-0.2, 0) is 4.52 Å². The van der Waals surface area contributed by atoms with Crippen LogP contribution in [0.4, 0.5) is 0 Å². The minimum Gasteiger partial charge on any atom is -0.328 e. The van der Waals surface area contributed by atoms with E-state index in [-0.39, 0.29) is 6.10 Å². The zero-order valence-corrected chi connectivity index (χ0v) is 6.89. The van der Waals surface area contributed by atoms with Crippen molar-refractivity contribution in [3.05, 3.63) is 0 Å². The van der Waals surface area contributed by atoms with Crippen LogP contribution in [0.3, 0.4) is 0 Å². The second-order valence-corrected chi connectivity index (χ2v) is 2.69. The quantitative estimate of drug-likeness (QED) is 0.531. The van der Waals surface area contributed by atoms with Crippen LogP contribution >= 0.6 is 24.5 Å². The number of halogens is 1. The molecule has 0 saturated carbocycles. The van der Waals surface area contributed by atoms with E-state index in [0.717, 1.165) is 0 Å². The highest BCUT2D eigenvalue weighted by atomic mass is 79.9. The molecular weight excluding hydrogens is 195 g/mol. The van der Waals surface area contributed by atoms with Gasteiger partial charge in [0.2, 0.25) is 0 Å². The van der Waals surface area contributed by atoms with Crippen LogP contribution < -0.4 is 0 Å². The maximum atomic E-state index is 8.23. The molecule has 0 radical (unpaired) electrons. The Morgan fingerprint density at radius 1 is 1.75 bits per heavy atom. The first-order valence-electron chi connectivity index (χ1n) is 2.07. The van der Waals surface area contributed by atoms with E-state index in [9.17, 15) is 0 Å². The lowest BCUT2D eigenvalue weighted by Gasteiger charge is -2.07. The van der Waals surface area contributed by atoms with Crippen molar-refractivity contribution in [3.63, 3.8) is 0 Å². The fraction of sp³-hybridized carbons (Fsp3) is 1.00. The summed E-state index contributed by atoms with van der Waals surface area (Å²) in [5.41, 5.74) is 0. The third-order valence-electron chi connectivity index (χ3n) is 0.492. The van der Waals surface area contributed by atoms with Gasteiger partial charge in [0.05, 0.1) is 6.10 Å². The van der Waals surface area contributed by atoms with Crippen LogP contribution in [-0.4, -0.2) is 21.2 Å². The van der Waals surface area contributed by atoms with Crippen LogP contribution in [0.5, 0.6) is 0 Å². The first-order valence-corrected chi connectivity index (χ1v) is 4.36. The van der Waals surface area contributed by atoms with Gasteiger partial charge in [0.25, 0.3) is 0 Å². The van der Waals surface area contributed by atoms with Gasteiger partial charge in [-0.25, -0.2) is 0 Å². The Hall–Kier alpha value is 0.790. The van der Waals surface area contributed by atoms with Gasteiger partial charge in [0, 0.05) is 5.33 Å². The summed E-state index contributed by atoms with van der Waals surface area (Å²) in [6.07, 6.45) is -0.129. The van der Waals surface area contributed by atoms with Crippen molar-refractivity contribution >= 4 is 24.5 Å². The Labute approximate surface area is 57.8 Å². The van der Waals surface area contributed by atoms with Gasteiger partial charge in [-0.05, 0) is 6.92 Å². The first kappa shape index (κ1) is 8.79. The lowest BCUT2D eigenvalue weighted by atomic mass is 10.5. The Morgan fingerprint density at radius 3 is 2.38 bits per heavy atom. The van der Waals surface area contributed by atoms with Crippen LogP contribution in [0.15, 0.2) is 0 Å². The summed E-state index contributed by atoms with van der Waals surface area (Å²) in [4.78, 5) is 16.5. The topological polar surface area (TPSA) is 49.7 Å². The molecule has 8 heavy (non-hydrogen) atoms. The second-order valence-electron chi connectivity index (χ2n) is 1.32. The highest BCUT2D eigenvalue weighted by Gasteiger charge is 2.04. The van der Waals surface area contributed by atoms with Crippen molar-refractivity contribution in [1.29, 1.82) is 0 Å². The maximum absolute atomic E-state index is 8.23. The van der Waals surface area contributed by atoms with Gasteiger partial charge >= 0.3 is 8.60 Å². The molecule has 0 amide bonds. The Balaban J connectivity index is 3.10. The van der Waals surface area contributed by atoms with Crippen molar-refractivity contribution in [2.45, 2.75) is 13.0 Å². The Morgan fingerprint density at radius 2 is 2.25 bits per heavy atom. The highest BCUT2D eigenvalue weighted by Crippen LogP contribution is 2.26. The van der Waals surface area contributed by atoms with Crippen molar-refractivity contribution in [1.82, 2.24) is 0 Å². The monoisotopic (exact) mass is 202 g/mol. The van der Waals surface area contributed by atoms with Crippen molar-refractivity contribution in [3.8, 4) is 0 Å². The zero-order chi connectivity index (χ0) is 6.57. The lowest BCUT2D eigenvalue weighted by molar-refractivity contribution is 0.205. The fourth-order valence-electron chi connectivity index (χ4n) is 0.189. The molecule has 0 fully saturated rings. The van der Waals surface area contributed by atoms with E-state index in [1.165, 1.54) is 0 Å². The maximum Gasteiger partial charge on any atom is 0.327 e. The Kier molecular flexibility index (Phi) is 5.11. The molecule has 0 spiro atoms. The normalized spacial score (nSPS) is 14.6. The minimum absolute atomic E-state index is 0.129. The molecule has 3 nitrogen and oxygen atoms in total. The summed E-state index contributed by atoms with van der Waals surface area (Å²) in [7, 11) is -2.18. The summed E-state index contributed by atoms with van der Waals surface area (Å²) in [6, 6.07) is 0. The Bertz CT molecular complexity index is 60.5. The molecule has 0 aliphatic rings. The van der Waals surface area contributed by atoms with Gasteiger partial charge in [-0.2, -0.15) is 0 Å². The molecule has 5 heteroatoms. The van der Waals surface area contributed by atoms with E-state index in [4.69, 9.17) is 9.79 Å². The zero-order valence-electron chi connectivity index (χ0n) is 4.41. The smallest absolute Gasteiger partial charge is 0.327 e. The standard InChI is InChI=1S/C3H8BrO3P/c1-3(2-4)7-8(5)6/h3,5-6H,2H2,1H3. The van der Waals surface area contributed by atoms with Crippen LogP contribution in [0.2, 0.25) is 0 Å². The van der Waals surface area contributed by atoms with Gasteiger partial charge < -0.3 is 14.3 Å². The van der Waals surface area contributed by atoms with Crippen LogP contribution in [0.1, 0.15) is 6.92 Å². The van der Waals surface area contributed by atoms with Crippen molar-refractivity contribution in [2.24, 2.45) is 0 Å². The lowest BCUT2D eigenvalue weighted by Crippen LogP contribution is -2.04. The van der Waals surface area contributed by atoms with E-state index >= 15 is 0 Å². The average molecular weight is 203 g/mol. The van der Waals surface area contributed by atoms with Crippen LogP contribution in [0, 0.1) is 0 Å². The van der Waals surface area contributed by atoms with E-state index in [1.54, 1.807) is 6.92 Å². The van der Waals surface area contributed by atoms with Gasteiger partial charge in [0.1, 0.15) is 0 Å². The van der Waals surface area contributed by atoms with Crippen molar-refractivity contribution < 1.29 is 14.3 Å². The van der Waals surface area contributed by atoms with E-state index < -0.39 is 8.60 Å². The predicted molar refractivity (Wildman–Crippen MR) is 35.7 cm³/mol. The predicted octanol–water partition coefficient (Wildman–Crippen LogP) is 0.998. The van der Waals surface area contributed by atoms with Gasteiger partial charge in [0.15, 0.2) is 0 Å². The SMILES string of the molecule is CC(CBr)OP(O)O. The average Bonchev–Trinajstić information content (AvgIpc) is 1.65. The van der Waals surface area contributed by atoms with Crippen LogP contribution in [0.25, 0.3) is 0 Å². The second kappa shape index (κ2) is 4.65. The third-order valence-corrected chi connectivity index (χ3v) is 1.95. The molecule has 1 atom stereocenters. The summed E-state index contributed by atoms with van der Waals surface area (Å²) >= 11 is 3.11. The molecule has 1 unspecified atom stereocenters. The summed E-state index contributed by atoms with van der Waals surface area (Å²) < 4.78 is 4.53. The number of rotatable bonds is 3. The molecule has 0 saturated heterocycles. The van der Waals surface area contributed by atoms with Crippen molar-refractivity contribution in [2.75, 3.05) is 5.33 Å². The minimum atomic E-state index is -2.18. The molecule has 0 aliphatic heterocycles. The molecule has 0 aliphatic carbocycles.